The Hall–Kier alpha value is -1.06. The van der Waals surface area contributed by atoms with Gasteiger partial charge < -0.3 is 4.98 Å². The number of imidazole rings is 1. The summed E-state index contributed by atoms with van der Waals surface area (Å²) in [6, 6.07) is 4.80. The molecule has 2 aromatic rings. The summed E-state index contributed by atoms with van der Waals surface area (Å²) in [5.41, 5.74) is 0.394. The molecule has 0 saturated carbocycles. The molecular weight excluding hydrogens is 250 g/mol. The summed E-state index contributed by atoms with van der Waals surface area (Å²) in [5, 5.41) is -0.396. The molecule has 1 unspecified atom stereocenters. The molecule has 1 atom stereocenters. The van der Waals surface area contributed by atoms with Crippen LogP contribution in [0.15, 0.2) is 30.6 Å². The number of alkyl halides is 1. The van der Waals surface area contributed by atoms with Crippen molar-refractivity contribution in [2.75, 3.05) is 0 Å². The fourth-order valence-electron chi connectivity index (χ4n) is 1.45. The second kappa shape index (κ2) is 4.85. The van der Waals surface area contributed by atoms with Gasteiger partial charge >= 0.3 is 0 Å². The lowest BCUT2D eigenvalue weighted by molar-refractivity contribution is 0.605. The number of H-pyrrole nitrogens is 1. The molecule has 0 radical (unpaired) electrons. The maximum atomic E-state index is 13.6. The second-order valence-corrected chi connectivity index (χ2v) is 4.28. The maximum Gasteiger partial charge on any atom is 0.146 e. The standard InChI is InChI=1S/C11H9Cl2FN2/c12-8-3-1-2-7(11(8)14)9(13)6-10-15-4-5-16-10/h1-5,9H,6H2,(H,15,16). The van der Waals surface area contributed by atoms with Crippen molar-refractivity contribution >= 4 is 23.2 Å². The molecule has 1 aromatic carbocycles. The zero-order valence-corrected chi connectivity index (χ0v) is 9.76. The Morgan fingerprint density at radius 3 is 2.94 bits per heavy atom. The normalized spacial score (nSPS) is 12.7. The first kappa shape index (κ1) is 11.4. The van der Waals surface area contributed by atoms with Crippen molar-refractivity contribution in [2.45, 2.75) is 11.8 Å². The second-order valence-electron chi connectivity index (χ2n) is 3.35. The largest absolute Gasteiger partial charge is 0.349 e. The summed E-state index contributed by atoms with van der Waals surface area (Å²) in [4.78, 5) is 6.96. The van der Waals surface area contributed by atoms with Gasteiger partial charge in [-0.1, -0.05) is 23.7 Å². The van der Waals surface area contributed by atoms with Crippen LogP contribution in [0, 0.1) is 5.82 Å². The Balaban J connectivity index is 2.21. The van der Waals surface area contributed by atoms with Crippen molar-refractivity contribution in [1.82, 2.24) is 9.97 Å². The minimum absolute atomic E-state index is 0.0857. The van der Waals surface area contributed by atoms with Crippen molar-refractivity contribution in [1.29, 1.82) is 0 Å². The van der Waals surface area contributed by atoms with Crippen LogP contribution in [0.25, 0.3) is 0 Å². The SMILES string of the molecule is Fc1c(Cl)cccc1C(Cl)Cc1ncc[nH]1. The maximum absolute atomic E-state index is 13.6. The minimum atomic E-state index is -0.482. The summed E-state index contributed by atoms with van der Waals surface area (Å²) in [7, 11) is 0. The first-order valence-electron chi connectivity index (χ1n) is 4.74. The Bertz CT molecular complexity index is 471. The number of aromatic nitrogens is 2. The van der Waals surface area contributed by atoms with Crippen LogP contribution in [0.4, 0.5) is 4.39 Å². The smallest absolute Gasteiger partial charge is 0.146 e. The molecule has 2 rings (SSSR count). The average Bonchev–Trinajstić information content (AvgIpc) is 2.74. The van der Waals surface area contributed by atoms with Gasteiger partial charge in [0.05, 0.1) is 10.4 Å². The third-order valence-electron chi connectivity index (χ3n) is 2.25. The Morgan fingerprint density at radius 2 is 2.25 bits per heavy atom. The summed E-state index contributed by atoms with van der Waals surface area (Å²) < 4.78 is 13.6. The highest BCUT2D eigenvalue weighted by atomic mass is 35.5. The third kappa shape index (κ3) is 2.36. The van der Waals surface area contributed by atoms with Crippen LogP contribution in [0.5, 0.6) is 0 Å². The zero-order chi connectivity index (χ0) is 11.5. The van der Waals surface area contributed by atoms with E-state index in [1.807, 2.05) is 0 Å². The molecular formula is C11H9Cl2FN2. The van der Waals surface area contributed by atoms with Crippen molar-refractivity contribution in [2.24, 2.45) is 0 Å². The van der Waals surface area contributed by atoms with Gasteiger partial charge in [-0.3, -0.25) is 0 Å². The molecule has 5 heteroatoms. The van der Waals surface area contributed by atoms with Crippen LogP contribution < -0.4 is 0 Å². The van der Waals surface area contributed by atoms with E-state index in [0.717, 1.165) is 5.82 Å². The molecule has 2 nitrogen and oxygen atoms in total. The lowest BCUT2D eigenvalue weighted by atomic mass is 10.1. The zero-order valence-electron chi connectivity index (χ0n) is 8.25. The van der Waals surface area contributed by atoms with Gasteiger partial charge in [0.2, 0.25) is 0 Å². The molecule has 0 saturated heterocycles. The first-order valence-corrected chi connectivity index (χ1v) is 5.56. The Labute approximate surface area is 102 Å². The molecule has 0 aliphatic heterocycles. The topological polar surface area (TPSA) is 28.7 Å². The Morgan fingerprint density at radius 1 is 1.44 bits per heavy atom. The van der Waals surface area contributed by atoms with E-state index in [0.29, 0.717) is 12.0 Å². The average molecular weight is 259 g/mol. The van der Waals surface area contributed by atoms with Crippen molar-refractivity contribution in [3.05, 3.63) is 52.8 Å². The van der Waals surface area contributed by atoms with Crippen LogP contribution in [-0.2, 0) is 6.42 Å². The molecule has 16 heavy (non-hydrogen) atoms. The highest BCUT2D eigenvalue weighted by molar-refractivity contribution is 6.31. The van der Waals surface area contributed by atoms with Crippen molar-refractivity contribution < 1.29 is 4.39 Å². The van der Waals surface area contributed by atoms with E-state index < -0.39 is 11.2 Å². The monoisotopic (exact) mass is 258 g/mol. The molecule has 0 bridgehead atoms. The number of hydrogen-bond donors (Lipinski definition) is 1. The molecule has 84 valence electrons. The van der Waals surface area contributed by atoms with Crippen LogP contribution in [0.3, 0.4) is 0 Å². The van der Waals surface area contributed by atoms with Crippen LogP contribution >= 0.6 is 23.2 Å². The molecule has 1 aromatic heterocycles. The van der Waals surface area contributed by atoms with Gasteiger partial charge in [0.1, 0.15) is 11.6 Å². The molecule has 1 N–H and O–H groups in total. The van der Waals surface area contributed by atoms with Crippen molar-refractivity contribution in [3.8, 4) is 0 Å². The van der Waals surface area contributed by atoms with E-state index in [4.69, 9.17) is 23.2 Å². The highest BCUT2D eigenvalue weighted by Crippen LogP contribution is 2.29. The molecule has 0 amide bonds. The first-order chi connectivity index (χ1) is 7.68. The molecule has 0 spiro atoms. The van der Waals surface area contributed by atoms with E-state index >= 15 is 0 Å². The number of nitrogens with zero attached hydrogens (tertiary/aromatic N) is 1. The van der Waals surface area contributed by atoms with E-state index in [-0.39, 0.29) is 5.02 Å². The quantitative estimate of drug-likeness (QED) is 0.836. The number of hydrogen-bond acceptors (Lipinski definition) is 1. The summed E-state index contributed by atoms with van der Waals surface area (Å²) in [6.07, 6.45) is 3.77. The lowest BCUT2D eigenvalue weighted by Crippen LogP contribution is -2.00. The van der Waals surface area contributed by atoms with E-state index in [1.165, 1.54) is 6.07 Å². The Kier molecular flexibility index (Phi) is 3.46. The van der Waals surface area contributed by atoms with E-state index in [9.17, 15) is 4.39 Å². The van der Waals surface area contributed by atoms with Gasteiger partial charge in [0.15, 0.2) is 0 Å². The minimum Gasteiger partial charge on any atom is -0.349 e. The number of halogens is 3. The number of nitrogens with one attached hydrogen (secondary N) is 1. The number of aromatic amines is 1. The third-order valence-corrected chi connectivity index (χ3v) is 2.93. The summed E-state index contributed by atoms with van der Waals surface area (Å²) in [6.45, 7) is 0. The molecule has 0 aliphatic rings. The molecule has 1 heterocycles. The van der Waals surface area contributed by atoms with Crippen LogP contribution in [-0.4, -0.2) is 9.97 Å². The fraction of sp³-hybridized carbons (Fsp3) is 0.182. The van der Waals surface area contributed by atoms with Gasteiger partial charge in [-0.05, 0) is 6.07 Å². The number of benzene rings is 1. The lowest BCUT2D eigenvalue weighted by Gasteiger charge is -2.09. The van der Waals surface area contributed by atoms with Gasteiger partial charge in [0, 0.05) is 24.4 Å². The van der Waals surface area contributed by atoms with E-state index in [2.05, 4.69) is 9.97 Å². The fourth-order valence-corrected chi connectivity index (χ4v) is 1.95. The van der Waals surface area contributed by atoms with Gasteiger partial charge in [-0.25, -0.2) is 9.37 Å². The van der Waals surface area contributed by atoms with Gasteiger partial charge in [-0.15, -0.1) is 11.6 Å². The van der Waals surface area contributed by atoms with Crippen LogP contribution in [0.2, 0.25) is 5.02 Å². The predicted molar refractivity (Wildman–Crippen MR) is 62.3 cm³/mol. The van der Waals surface area contributed by atoms with Crippen LogP contribution in [0.1, 0.15) is 16.8 Å². The van der Waals surface area contributed by atoms with Crippen molar-refractivity contribution in [3.63, 3.8) is 0 Å². The van der Waals surface area contributed by atoms with E-state index in [1.54, 1.807) is 24.5 Å². The summed E-state index contributed by atoms with van der Waals surface area (Å²) in [5.74, 6) is 0.259. The van der Waals surface area contributed by atoms with Gasteiger partial charge in [0.25, 0.3) is 0 Å². The molecule has 0 aliphatic carbocycles. The van der Waals surface area contributed by atoms with Gasteiger partial charge in [-0.2, -0.15) is 0 Å². The predicted octanol–water partition coefficient (Wildman–Crippen LogP) is 3.72. The highest BCUT2D eigenvalue weighted by Gasteiger charge is 2.16. The molecule has 0 fully saturated rings. The summed E-state index contributed by atoms with van der Waals surface area (Å²) >= 11 is 11.8. The number of rotatable bonds is 3.